The van der Waals surface area contributed by atoms with Crippen LogP contribution in [-0.4, -0.2) is 127 Å². The van der Waals surface area contributed by atoms with Gasteiger partial charge in [0, 0.05) is 24.7 Å². The van der Waals surface area contributed by atoms with Crippen LogP contribution in [0.1, 0.15) is 110 Å². The van der Waals surface area contributed by atoms with Gasteiger partial charge < -0.3 is 58.0 Å². The molecule has 7 aliphatic rings. The summed E-state index contributed by atoms with van der Waals surface area (Å²) >= 11 is 0. The first-order valence-corrected chi connectivity index (χ1v) is 23.1. The number of rotatable bonds is 13. The van der Waals surface area contributed by atoms with E-state index in [4.69, 9.17) is 42.6 Å². The molecule has 0 aromatic heterocycles. The molecule has 0 radical (unpaired) electrons. The van der Waals surface area contributed by atoms with Crippen LogP contribution in [0.2, 0.25) is 0 Å². The number of carbonyl (C=O) groups excluding carboxylic acids is 4. The van der Waals surface area contributed by atoms with Gasteiger partial charge in [0.1, 0.15) is 29.3 Å². The van der Waals surface area contributed by atoms with E-state index in [1.807, 2.05) is 0 Å². The highest BCUT2D eigenvalue weighted by atomic mass is 16.8. The molecule has 16 nitrogen and oxygen atoms in total. The lowest BCUT2D eigenvalue weighted by atomic mass is 9.46. The number of allylic oxidation sites excluding steroid dienone is 1. The van der Waals surface area contributed by atoms with Gasteiger partial charge in [0.15, 0.2) is 37.0 Å². The van der Waals surface area contributed by atoms with Gasteiger partial charge in [0.2, 0.25) is 0 Å². The summed E-state index contributed by atoms with van der Waals surface area (Å²) in [5.41, 5.74) is -1.04. The second-order valence-corrected chi connectivity index (χ2v) is 20.2. The predicted molar refractivity (Wildman–Crippen MR) is 224 cm³/mol. The molecule has 1 aromatic rings. The molecule has 16 heteroatoms. The van der Waals surface area contributed by atoms with Crippen molar-refractivity contribution >= 4 is 23.9 Å². The van der Waals surface area contributed by atoms with Gasteiger partial charge in [-0.2, -0.15) is 0 Å². The number of fused-ring (bicyclic) bond motifs is 6. The summed E-state index contributed by atoms with van der Waals surface area (Å²) < 4.78 is 53.2. The first-order valence-electron chi connectivity index (χ1n) is 23.1. The fourth-order valence-electron chi connectivity index (χ4n) is 12.6. The van der Waals surface area contributed by atoms with E-state index in [1.54, 1.807) is 19.1 Å². The van der Waals surface area contributed by atoms with E-state index in [2.05, 4.69) is 33.8 Å². The molecular weight excluding hydrogens is 833 g/mol. The van der Waals surface area contributed by atoms with Gasteiger partial charge in [-0.25, -0.2) is 9.59 Å². The van der Waals surface area contributed by atoms with E-state index in [9.17, 15) is 34.5 Å². The van der Waals surface area contributed by atoms with Crippen molar-refractivity contribution in [3.63, 3.8) is 0 Å². The van der Waals surface area contributed by atoms with Gasteiger partial charge in [-0.15, -0.1) is 0 Å². The summed E-state index contributed by atoms with van der Waals surface area (Å²) in [6.45, 7) is 11.0. The molecule has 3 saturated carbocycles. The van der Waals surface area contributed by atoms with E-state index < -0.39 is 90.3 Å². The largest absolute Gasteiger partial charge is 0.509 e. The second-order valence-electron chi connectivity index (χ2n) is 20.2. The Bertz CT molecular complexity index is 1940. The van der Waals surface area contributed by atoms with Gasteiger partial charge in [0.05, 0.1) is 38.1 Å². The van der Waals surface area contributed by atoms with Crippen LogP contribution >= 0.6 is 0 Å². The third-order valence-corrected chi connectivity index (χ3v) is 16.2. The lowest BCUT2D eigenvalue weighted by Gasteiger charge is -2.59. The van der Waals surface area contributed by atoms with Crippen molar-refractivity contribution in [2.75, 3.05) is 20.3 Å². The van der Waals surface area contributed by atoms with Crippen LogP contribution in [-0.2, 0) is 47.5 Å². The molecule has 0 spiro atoms. The number of esters is 2. The lowest BCUT2D eigenvalue weighted by molar-refractivity contribution is -0.341. The number of Topliss-reactive ketones (excluding diaryl/α,β-unsaturated/α-hetero) is 1. The Balaban J connectivity index is 1.09. The monoisotopic (exact) mass is 898 g/mol. The summed E-state index contributed by atoms with van der Waals surface area (Å²) in [5.74, 6) is -1.21. The van der Waals surface area contributed by atoms with E-state index in [-0.39, 0.29) is 53.8 Å². The average Bonchev–Trinajstić information content (AvgIpc) is 3.76. The zero-order valence-electron chi connectivity index (χ0n) is 38.0. The van der Waals surface area contributed by atoms with E-state index >= 15 is 0 Å². The first kappa shape index (κ1) is 46.9. The molecule has 6 fully saturated rings. The first-order chi connectivity index (χ1) is 30.4. The summed E-state index contributed by atoms with van der Waals surface area (Å²) in [7, 11) is 1.49. The average molecular weight is 899 g/mol. The Morgan fingerprint density at radius 2 is 1.61 bits per heavy atom. The molecular formula is C48H66O16. The molecule has 354 valence electrons. The maximum absolute atomic E-state index is 14.2. The quantitative estimate of drug-likeness (QED) is 0.132. The Morgan fingerprint density at radius 3 is 2.31 bits per heavy atom. The molecule has 1 aromatic carbocycles. The molecule has 9 unspecified atom stereocenters. The van der Waals surface area contributed by atoms with E-state index in [0.29, 0.717) is 43.8 Å². The van der Waals surface area contributed by atoms with Crippen molar-refractivity contribution in [1.29, 1.82) is 0 Å². The minimum atomic E-state index is -1.67. The normalized spacial score (nSPS) is 41.8. The SMILES string of the molecule is COc1ccc(C(=O)OC2C(OC3C(O)COC(O[C@H]4C[C@H]5[C@@H]6CC=C7C[C@@H](O)CC[C@]7(C)C6CC[C@]5(C)[C@@]4(O)[C@H](C)C(=O)CCC(C)C)C3OC(C)=O)OCC3OC(=O)OC32)cc1. The van der Waals surface area contributed by atoms with Gasteiger partial charge >= 0.3 is 18.1 Å². The third kappa shape index (κ3) is 8.38. The zero-order chi connectivity index (χ0) is 45.9. The van der Waals surface area contributed by atoms with Crippen LogP contribution in [0.3, 0.4) is 0 Å². The number of hydrogen-bond donors (Lipinski definition) is 3. The van der Waals surface area contributed by atoms with E-state index in [1.165, 1.54) is 31.7 Å². The van der Waals surface area contributed by atoms with Crippen molar-refractivity contribution in [3.8, 4) is 5.75 Å². The maximum atomic E-state index is 14.2. The minimum Gasteiger partial charge on any atom is -0.497 e. The maximum Gasteiger partial charge on any atom is 0.509 e. The molecule has 3 heterocycles. The summed E-state index contributed by atoms with van der Waals surface area (Å²) in [5, 5.41) is 35.6. The number of ketones is 1. The number of hydrogen-bond acceptors (Lipinski definition) is 16. The number of methoxy groups -OCH3 is 1. The molecule has 0 bridgehead atoms. The smallest absolute Gasteiger partial charge is 0.497 e. The van der Waals surface area contributed by atoms with Crippen molar-refractivity contribution < 1.29 is 77.1 Å². The summed E-state index contributed by atoms with van der Waals surface area (Å²) in [6.07, 6.45) is -4.72. The van der Waals surface area contributed by atoms with E-state index in [0.717, 1.165) is 25.7 Å². The fraction of sp³-hybridized carbons (Fsp3) is 0.750. The summed E-state index contributed by atoms with van der Waals surface area (Å²) in [4.78, 5) is 52.9. The molecule has 3 N–H and O–H groups in total. The van der Waals surface area contributed by atoms with Gasteiger partial charge in [-0.05, 0) is 105 Å². The van der Waals surface area contributed by atoms with Crippen LogP contribution in [0.4, 0.5) is 4.79 Å². The number of aliphatic hydroxyl groups is 3. The van der Waals surface area contributed by atoms with Crippen molar-refractivity contribution in [2.45, 2.75) is 166 Å². The number of ether oxygens (including phenoxy) is 9. The highest BCUT2D eigenvalue weighted by Crippen LogP contribution is 2.69. The summed E-state index contributed by atoms with van der Waals surface area (Å²) in [6, 6.07) is 6.16. The topological polar surface area (TPSA) is 212 Å². The van der Waals surface area contributed by atoms with Crippen LogP contribution in [0.25, 0.3) is 0 Å². The second kappa shape index (κ2) is 18.2. The number of benzene rings is 1. The molecule has 8 rings (SSSR count). The predicted octanol–water partition coefficient (Wildman–Crippen LogP) is 5.21. The highest BCUT2D eigenvalue weighted by molar-refractivity contribution is 5.89. The van der Waals surface area contributed by atoms with Gasteiger partial charge in [0.25, 0.3) is 0 Å². The van der Waals surface area contributed by atoms with Gasteiger partial charge in [-0.3, -0.25) is 9.59 Å². The van der Waals surface area contributed by atoms with Crippen LogP contribution in [0.5, 0.6) is 5.75 Å². The molecule has 3 aliphatic heterocycles. The minimum absolute atomic E-state index is 0.0578. The number of aliphatic hydroxyl groups excluding tert-OH is 2. The molecule has 3 saturated heterocycles. The molecule has 64 heavy (non-hydrogen) atoms. The Morgan fingerprint density at radius 1 is 0.891 bits per heavy atom. The van der Waals surface area contributed by atoms with Crippen molar-refractivity contribution in [1.82, 2.24) is 0 Å². The van der Waals surface area contributed by atoms with Crippen molar-refractivity contribution in [2.24, 2.45) is 40.4 Å². The molecule has 4 aliphatic carbocycles. The molecule has 17 atom stereocenters. The zero-order valence-corrected chi connectivity index (χ0v) is 38.0. The third-order valence-electron chi connectivity index (χ3n) is 16.2. The number of carbonyl (C=O) groups is 4. The lowest BCUT2D eigenvalue weighted by Crippen LogP contribution is -2.64. The Kier molecular flexibility index (Phi) is 13.3. The van der Waals surface area contributed by atoms with Crippen LogP contribution in [0, 0.1) is 40.4 Å². The fourth-order valence-corrected chi connectivity index (χ4v) is 12.6. The molecule has 0 amide bonds. The van der Waals surface area contributed by atoms with Crippen molar-refractivity contribution in [3.05, 3.63) is 41.5 Å². The highest BCUT2D eigenvalue weighted by Gasteiger charge is 2.71. The van der Waals surface area contributed by atoms with Gasteiger partial charge in [-0.1, -0.05) is 46.3 Å². The Hall–Kier alpha value is -3.64. The standard InChI is InChI=1S/C48H66O16/c1-24(2)8-15-34(51)25(3)48(55)37(21-33-31-14-11-28-20-29(50)16-18-46(28,5)32(31)17-19-47(33,48)6)61-43-40(59-26(4)49)38(35(52)22-57-43)63-44-41(39-36(23-58-44)60-45(54)64-39)62-42(53)27-9-12-30(56-7)13-10-27/h9-13,24-25,29,31-33,35-41,43-44,50,52,55H,8,14-23H2,1-7H3/t25-,29+,31-,32?,33+,35?,36?,37+,38?,39?,40?,41?,43?,44?,46+,47+,48-/m1/s1. The van der Waals surface area contributed by atoms with Crippen LogP contribution < -0.4 is 4.74 Å². The van der Waals surface area contributed by atoms with Crippen LogP contribution in [0.15, 0.2) is 35.9 Å². The Labute approximate surface area is 374 Å².